The second-order valence-corrected chi connectivity index (χ2v) is 7.00. The molecule has 2 aromatic carbocycles. The Labute approximate surface area is 206 Å². The highest BCUT2D eigenvalue weighted by Crippen LogP contribution is 2.31. The molecule has 8 nitrogen and oxygen atoms in total. The summed E-state index contributed by atoms with van der Waals surface area (Å²) in [5, 5.41) is 6.56. The minimum atomic E-state index is -0.0245. The SMILES string of the molecule is CN=C(NCCCN1C(=O)COc2ccccc21)Nc1cccc(OCCCOC)c1.I. The third kappa shape index (κ3) is 7.56. The average molecular weight is 554 g/mol. The average Bonchev–Trinajstić information content (AvgIpc) is 2.80. The zero-order valence-corrected chi connectivity index (χ0v) is 20.8. The number of nitrogens with one attached hydrogen (secondary N) is 2. The van der Waals surface area contributed by atoms with Gasteiger partial charge < -0.3 is 29.7 Å². The minimum absolute atomic E-state index is 0. The molecule has 0 radical (unpaired) electrons. The van der Waals surface area contributed by atoms with Crippen molar-refractivity contribution >= 4 is 47.2 Å². The number of aliphatic imine (C=N–C) groups is 1. The fraction of sp³-hybridized carbons (Fsp3) is 0.391. The van der Waals surface area contributed by atoms with Crippen LogP contribution in [0.1, 0.15) is 12.8 Å². The number of nitrogens with zero attached hydrogens (tertiary/aromatic N) is 2. The summed E-state index contributed by atoms with van der Waals surface area (Å²) in [4.78, 5) is 18.3. The van der Waals surface area contributed by atoms with E-state index < -0.39 is 0 Å². The van der Waals surface area contributed by atoms with Gasteiger partial charge in [-0.2, -0.15) is 0 Å². The number of halogens is 1. The van der Waals surface area contributed by atoms with Crippen LogP contribution >= 0.6 is 24.0 Å². The molecule has 0 aliphatic carbocycles. The van der Waals surface area contributed by atoms with Gasteiger partial charge >= 0.3 is 0 Å². The lowest BCUT2D eigenvalue weighted by atomic mass is 10.2. The Morgan fingerprint density at radius 1 is 1.16 bits per heavy atom. The molecule has 0 saturated carbocycles. The highest BCUT2D eigenvalue weighted by molar-refractivity contribution is 14.0. The van der Waals surface area contributed by atoms with E-state index in [-0.39, 0.29) is 36.5 Å². The quantitative estimate of drug-likeness (QED) is 0.203. The topological polar surface area (TPSA) is 84.4 Å². The van der Waals surface area contributed by atoms with Crippen molar-refractivity contribution in [2.75, 3.05) is 57.3 Å². The molecule has 0 spiro atoms. The van der Waals surface area contributed by atoms with E-state index >= 15 is 0 Å². The standard InChI is InChI=1S/C23H30N4O4.HI/c1-24-23(26-18-8-5-9-19(16-18)30-15-7-14-29-2)25-12-6-13-27-20-10-3-4-11-21(20)31-17-22(27)28;/h3-5,8-11,16H,6-7,12-15,17H2,1-2H3,(H2,24,25,26);1H. The molecule has 0 saturated heterocycles. The molecule has 2 N–H and O–H groups in total. The fourth-order valence-electron chi connectivity index (χ4n) is 3.22. The van der Waals surface area contributed by atoms with Crippen LogP contribution in [0.5, 0.6) is 11.5 Å². The van der Waals surface area contributed by atoms with E-state index in [4.69, 9.17) is 14.2 Å². The van der Waals surface area contributed by atoms with Crippen molar-refractivity contribution in [2.45, 2.75) is 12.8 Å². The van der Waals surface area contributed by atoms with Gasteiger partial charge in [-0.1, -0.05) is 18.2 Å². The number of ether oxygens (including phenoxy) is 3. The number of carbonyl (C=O) groups excluding carboxylic acids is 1. The van der Waals surface area contributed by atoms with E-state index in [2.05, 4.69) is 15.6 Å². The third-order valence-electron chi connectivity index (χ3n) is 4.74. The van der Waals surface area contributed by atoms with Crippen LogP contribution in [0, 0.1) is 0 Å². The van der Waals surface area contributed by atoms with Crippen molar-refractivity contribution < 1.29 is 19.0 Å². The number of rotatable bonds is 10. The molecule has 1 aliphatic rings. The Morgan fingerprint density at radius 2 is 2.00 bits per heavy atom. The largest absolute Gasteiger partial charge is 0.493 e. The van der Waals surface area contributed by atoms with Crippen molar-refractivity contribution in [1.82, 2.24) is 5.32 Å². The molecule has 0 atom stereocenters. The molecular formula is C23H31IN4O4. The molecule has 0 bridgehead atoms. The first-order valence-corrected chi connectivity index (χ1v) is 10.4. The molecule has 1 heterocycles. The Hall–Kier alpha value is -2.53. The summed E-state index contributed by atoms with van der Waals surface area (Å²) in [7, 11) is 3.41. The molecule has 0 unspecified atom stereocenters. The summed E-state index contributed by atoms with van der Waals surface area (Å²) in [5.41, 5.74) is 1.71. The van der Waals surface area contributed by atoms with Gasteiger partial charge in [0.15, 0.2) is 12.6 Å². The van der Waals surface area contributed by atoms with Crippen molar-refractivity contribution in [3.8, 4) is 11.5 Å². The highest BCUT2D eigenvalue weighted by Gasteiger charge is 2.24. The van der Waals surface area contributed by atoms with Gasteiger partial charge in [0.25, 0.3) is 5.91 Å². The molecule has 0 aromatic heterocycles. The van der Waals surface area contributed by atoms with Crippen molar-refractivity contribution in [3.05, 3.63) is 48.5 Å². The lowest BCUT2D eigenvalue weighted by molar-refractivity contribution is -0.121. The number of amides is 1. The molecule has 1 amide bonds. The second kappa shape index (κ2) is 13.8. The van der Waals surface area contributed by atoms with E-state index in [1.165, 1.54) is 0 Å². The van der Waals surface area contributed by atoms with Gasteiger partial charge in [0.05, 0.1) is 12.3 Å². The molecule has 1 aliphatic heterocycles. The van der Waals surface area contributed by atoms with Crippen LogP contribution in [-0.4, -0.2) is 58.9 Å². The van der Waals surface area contributed by atoms with Crippen LogP contribution in [0.2, 0.25) is 0 Å². The van der Waals surface area contributed by atoms with Gasteiger partial charge in [0.2, 0.25) is 0 Å². The first kappa shape index (κ1) is 25.7. The van der Waals surface area contributed by atoms with E-state index in [0.29, 0.717) is 32.3 Å². The van der Waals surface area contributed by atoms with E-state index in [0.717, 1.165) is 35.7 Å². The predicted molar refractivity (Wildman–Crippen MR) is 138 cm³/mol. The molecule has 174 valence electrons. The lowest BCUT2D eigenvalue weighted by Crippen LogP contribution is -2.41. The second-order valence-electron chi connectivity index (χ2n) is 7.00. The number of hydrogen-bond donors (Lipinski definition) is 2. The van der Waals surface area contributed by atoms with E-state index in [9.17, 15) is 4.79 Å². The summed E-state index contributed by atoms with van der Waals surface area (Å²) in [6.45, 7) is 2.63. The minimum Gasteiger partial charge on any atom is -0.493 e. The van der Waals surface area contributed by atoms with Gasteiger partial charge in [0, 0.05) is 52.0 Å². The Balaban J connectivity index is 0.00000363. The molecule has 2 aromatic rings. The number of benzene rings is 2. The molecule has 9 heteroatoms. The molecule has 32 heavy (non-hydrogen) atoms. The van der Waals surface area contributed by atoms with Crippen LogP contribution in [-0.2, 0) is 9.53 Å². The summed E-state index contributed by atoms with van der Waals surface area (Å²) in [5.74, 6) is 2.17. The fourth-order valence-corrected chi connectivity index (χ4v) is 3.22. The Kier molecular flexibility index (Phi) is 11.1. The number of fused-ring (bicyclic) bond motifs is 1. The normalized spacial score (nSPS) is 13.0. The maximum atomic E-state index is 12.3. The maximum absolute atomic E-state index is 12.3. The van der Waals surface area contributed by atoms with E-state index in [1.54, 1.807) is 19.1 Å². The summed E-state index contributed by atoms with van der Waals surface area (Å²) in [6.07, 6.45) is 1.61. The zero-order chi connectivity index (χ0) is 21.9. The van der Waals surface area contributed by atoms with Gasteiger partial charge in [0.1, 0.15) is 11.5 Å². The van der Waals surface area contributed by atoms with Crippen LogP contribution in [0.4, 0.5) is 11.4 Å². The summed E-state index contributed by atoms with van der Waals surface area (Å²) >= 11 is 0. The van der Waals surface area contributed by atoms with Gasteiger partial charge in [-0.25, -0.2) is 0 Å². The highest BCUT2D eigenvalue weighted by atomic mass is 127. The number of carbonyl (C=O) groups is 1. The predicted octanol–water partition coefficient (Wildman–Crippen LogP) is 3.52. The zero-order valence-electron chi connectivity index (χ0n) is 18.5. The van der Waals surface area contributed by atoms with Crippen LogP contribution in [0.25, 0.3) is 0 Å². The first-order valence-electron chi connectivity index (χ1n) is 10.4. The molecule has 0 fully saturated rings. The number of hydrogen-bond acceptors (Lipinski definition) is 5. The van der Waals surface area contributed by atoms with Crippen molar-refractivity contribution in [1.29, 1.82) is 0 Å². The number of methoxy groups -OCH3 is 1. The van der Waals surface area contributed by atoms with Gasteiger partial charge in [-0.3, -0.25) is 9.79 Å². The van der Waals surface area contributed by atoms with E-state index in [1.807, 2.05) is 48.5 Å². The van der Waals surface area contributed by atoms with Gasteiger partial charge in [-0.15, -0.1) is 24.0 Å². The van der Waals surface area contributed by atoms with Crippen molar-refractivity contribution in [3.63, 3.8) is 0 Å². The number of anilines is 2. The maximum Gasteiger partial charge on any atom is 0.265 e. The van der Waals surface area contributed by atoms with Crippen LogP contribution in [0.15, 0.2) is 53.5 Å². The van der Waals surface area contributed by atoms with Gasteiger partial charge in [-0.05, 0) is 30.7 Å². The van der Waals surface area contributed by atoms with Crippen LogP contribution < -0.4 is 25.0 Å². The smallest absolute Gasteiger partial charge is 0.265 e. The molecule has 3 rings (SSSR count). The number of para-hydroxylation sites is 2. The molecular weight excluding hydrogens is 523 g/mol. The van der Waals surface area contributed by atoms with Crippen molar-refractivity contribution in [2.24, 2.45) is 4.99 Å². The number of guanidine groups is 1. The summed E-state index contributed by atoms with van der Waals surface area (Å²) < 4.78 is 16.3. The first-order chi connectivity index (χ1) is 15.2. The Morgan fingerprint density at radius 3 is 2.81 bits per heavy atom. The van der Waals surface area contributed by atoms with Crippen LogP contribution in [0.3, 0.4) is 0 Å². The summed E-state index contributed by atoms with van der Waals surface area (Å²) in [6, 6.07) is 15.4. The Bertz CT molecular complexity index is 894. The third-order valence-corrected chi connectivity index (χ3v) is 4.74. The monoisotopic (exact) mass is 554 g/mol. The lowest BCUT2D eigenvalue weighted by Gasteiger charge is -2.29.